The van der Waals surface area contributed by atoms with Gasteiger partial charge in [0.1, 0.15) is 10.8 Å². The highest BCUT2D eigenvalue weighted by atomic mass is 35.5. The summed E-state index contributed by atoms with van der Waals surface area (Å²) < 4.78 is 30.3. The third kappa shape index (κ3) is 5.04. The molecule has 0 aromatic carbocycles. The quantitative estimate of drug-likeness (QED) is 0.595. The summed E-state index contributed by atoms with van der Waals surface area (Å²) in [5.41, 5.74) is -0.0803. The molecule has 1 fully saturated rings. The van der Waals surface area contributed by atoms with Gasteiger partial charge in [-0.2, -0.15) is 0 Å². The van der Waals surface area contributed by atoms with E-state index in [1.165, 1.54) is 11.0 Å². The van der Waals surface area contributed by atoms with Gasteiger partial charge in [0, 0.05) is 18.8 Å². The molecular formula is C15H22ClN3O4S. The lowest BCUT2D eigenvalue weighted by Crippen LogP contribution is -2.35. The molecule has 0 radical (unpaired) electrons. The number of carbonyl (C=O) groups excluding carboxylic acids is 1. The predicted octanol–water partition coefficient (Wildman–Crippen LogP) is 2.47. The summed E-state index contributed by atoms with van der Waals surface area (Å²) in [4.78, 5) is 21.4. The maximum Gasteiger partial charge on any atom is 0.410 e. The number of likely N-dealkylation sites (tertiary alicyclic amines) is 1. The van der Waals surface area contributed by atoms with Crippen LogP contribution in [0.5, 0.6) is 0 Å². The summed E-state index contributed by atoms with van der Waals surface area (Å²) in [5.74, 6) is -0.295. The molecule has 1 saturated heterocycles. The van der Waals surface area contributed by atoms with Gasteiger partial charge in [0.05, 0.1) is 5.75 Å². The fraction of sp³-hybridized carbons (Fsp3) is 0.667. The van der Waals surface area contributed by atoms with E-state index < -0.39 is 21.5 Å². The minimum absolute atomic E-state index is 0.0999. The van der Waals surface area contributed by atoms with Crippen molar-refractivity contribution in [3.8, 4) is 0 Å². The minimum atomic E-state index is -3.66. The maximum absolute atomic E-state index is 12.5. The molecule has 0 bridgehead atoms. The molecule has 2 heterocycles. The van der Waals surface area contributed by atoms with Crippen molar-refractivity contribution in [3.05, 3.63) is 16.9 Å². The molecule has 0 saturated carbocycles. The smallest absolute Gasteiger partial charge is 0.410 e. The first-order valence-electron chi connectivity index (χ1n) is 7.68. The Morgan fingerprint density at radius 1 is 1.42 bits per heavy atom. The molecule has 0 spiro atoms. The van der Waals surface area contributed by atoms with Crippen LogP contribution in [-0.4, -0.2) is 53.8 Å². The van der Waals surface area contributed by atoms with Crippen molar-refractivity contribution in [2.24, 2.45) is 5.92 Å². The molecule has 9 heteroatoms. The molecule has 7 nitrogen and oxygen atoms in total. The molecule has 134 valence electrons. The molecule has 1 amide bonds. The third-order valence-electron chi connectivity index (χ3n) is 3.47. The van der Waals surface area contributed by atoms with Gasteiger partial charge in [-0.25, -0.2) is 23.2 Å². The van der Waals surface area contributed by atoms with Gasteiger partial charge < -0.3 is 9.64 Å². The fourth-order valence-corrected chi connectivity index (χ4v) is 4.34. The van der Waals surface area contributed by atoms with Crippen molar-refractivity contribution >= 4 is 27.5 Å². The summed E-state index contributed by atoms with van der Waals surface area (Å²) in [6.45, 7) is 7.86. The lowest BCUT2D eigenvalue weighted by molar-refractivity contribution is 0.0289. The summed E-state index contributed by atoms with van der Waals surface area (Å²) in [6.07, 6.45) is 0.176. The topological polar surface area (TPSA) is 89.5 Å². The number of amides is 1. The van der Waals surface area contributed by atoms with Crippen molar-refractivity contribution in [2.75, 3.05) is 18.8 Å². The van der Waals surface area contributed by atoms with E-state index in [-0.39, 0.29) is 22.0 Å². The molecule has 0 unspecified atom stereocenters. The van der Waals surface area contributed by atoms with Crippen LogP contribution in [0, 0.1) is 12.8 Å². The van der Waals surface area contributed by atoms with Crippen LogP contribution in [0.1, 0.15) is 32.9 Å². The highest BCUT2D eigenvalue weighted by Crippen LogP contribution is 2.23. The first kappa shape index (κ1) is 18.9. The van der Waals surface area contributed by atoms with Crippen molar-refractivity contribution in [2.45, 2.75) is 44.9 Å². The van der Waals surface area contributed by atoms with Crippen LogP contribution < -0.4 is 0 Å². The molecule has 2 rings (SSSR count). The molecule has 1 atom stereocenters. The zero-order valence-corrected chi connectivity index (χ0v) is 15.8. The lowest BCUT2D eigenvalue weighted by atomic mass is 10.2. The van der Waals surface area contributed by atoms with E-state index in [2.05, 4.69) is 9.97 Å². The molecule has 0 N–H and O–H groups in total. The molecule has 1 aromatic rings. The van der Waals surface area contributed by atoms with Crippen LogP contribution in [0.2, 0.25) is 5.15 Å². The number of sulfone groups is 1. The van der Waals surface area contributed by atoms with E-state index in [1.54, 1.807) is 27.7 Å². The number of carbonyl (C=O) groups is 1. The minimum Gasteiger partial charge on any atom is -0.444 e. The fourth-order valence-electron chi connectivity index (χ4n) is 2.49. The number of aryl methyl sites for hydroxylation is 1. The maximum atomic E-state index is 12.5. The number of ether oxygens (including phenoxy) is 1. The van der Waals surface area contributed by atoms with E-state index in [1.807, 2.05) is 0 Å². The van der Waals surface area contributed by atoms with E-state index >= 15 is 0 Å². The van der Waals surface area contributed by atoms with Crippen LogP contribution in [0.25, 0.3) is 0 Å². The van der Waals surface area contributed by atoms with Gasteiger partial charge in [0.15, 0.2) is 0 Å². The Morgan fingerprint density at radius 2 is 2.08 bits per heavy atom. The molecule has 0 aliphatic carbocycles. The first-order valence-corrected chi connectivity index (χ1v) is 9.71. The van der Waals surface area contributed by atoms with Gasteiger partial charge in [-0.1, -0.05) is 11.6 Å². The van der Waals surface area contributed by atoms with E-state index in [0.29, 0.717) is 25.2 Å². The molecular weight excluding hydrogens is 354 g/mol. The highest BCUT2D eigenvalue weighted by molar-refractivity contribution is 7.91. The van der Waals surface area contributed by atoms with Crippen molar-refractivity contribution in [3.63, 3.8) is 0 Å². The normalized spacial score (nSPS) is 18.7. The van der Waals surface area contributed by atoms with E-state index in [9.17, 15) is 13.2 Å². The Morgan fingerprint density at radius 3 is 2.67 bits per heavy atom. The largest absolute Gasteiger partial charge is 0.444 e. The second-order valence-electron chi connectivity index (χ2n) is 6.98. The Labute approximate surface area is 147 Å². The number of halogens is 1. The Bertz CT molecular complexity index is 710. The van der Waals surface area contributed by atoms with Gasteiger partial charge in [-0.05, 0) is 46.1 Å². The van der Waals surface area contributed by atoms with Crippen molar-refractivity contribution < 1.29 is 17.9 Å². The monoisotopic (exact) mass is 375 g/mol. The summed E-state index contributed by atoms with van der Waals surface area (Å²) in [7, 11) is -3.66. The van der Waals surface area contributed by atoms with E-state index in [0.717, 1.165) is 0 Å². The highest BCUT2D eigenvalue weighted by Gasteiger charge is 2.33. The Hall–Kier alpha value is -1.41. The SMILES string of the molecule is Cc1cc(Cl)nc(S(=O)(=O)C[C@@H]2CCN(C(=O)OC(C)(C)C)C2)n1. The molecule has 24 heavy (non-hydrogen) atoms. The number of hydrogen-bond donors (Lipinski definition) is 0. The van der Waals surface area contributed by atoms with Crippen LogP contribution >= 0.6 is 11.6 Å². The second kappa shape index (κ2) is 6.84. The van der Waals surface area contributed by atoms with Gasteiger partial charge in [0.2, 0.25) is 15.0 Å². The third-order valence-corrected chi connectivity index (χ3v) is 5.32. The Balaban J connectivity index is 2.03. The Kier molecular flexibility index (Phi) is 5.39. The van der Waals surface area contributed by atoms with Crippen LogP contribution in [0.15, 0.2) is 11.2 Å². The van der Waals surface area contributed by atoms with Gasteiger partial charge in [-0.15, -0.1) is 0 Å². The predicted molar refractivity (Wildman–Crippen MR) is 89.7 cm³/mol. The van der Waals surface area contributed by atoms with Crippen LogP contribution in [0.4, 0.5) is 4.79 Å². The number of rotatable bonds is 3. The standard InChI is InChI=1S/C15H22ClN3O4S/c1-10-7-12(16)18-13(17-10)24(21,22)9-11-5-6-19(8-11)14(20)23-15(2,3)4/h7,11H,5-6,8-9H2,1-4H3/t11-/m1/s1. The lowest BCUT2D eigenvalue weighted by Gasteiger charge is -2.24. The van der Waals surface area contributed by atoms with Crippen LogP contribution in [-0.2, 0) is 14.6 Å². The summed E-state index contributed by atoms with van der Waals surface area (Å²) in [6, 6.07) is 1.50. The average molecular weight is 376 g/mol. The second-order valence-corrected chi connectivity index (χ2v) is 9.29. The number of aromatic nitrogens is 2. The molecule has 1 aliphatic rings. The van der Waals surface area contributed by atoms with Gasteiger partial charge >= 0.3 is 6.09 Å². The van der Waals surface area contributed by atoms with Gasteiger partial charge in [0.25, 0.3) is 0 Å². The zero-order chi connectivity index (χ0) is 18.1. The van der Waals surface area contributed by atoms with Gasteiger partial charge in [-0.3, -0.25) is 0 Å². The van der Waals surface area contributed by atoms with E-state index in [4.69, 9.17) is 16.3 Å². The number of hydrogen-bond acceptors (Lipinski definition) is 6. The van der Waals surface area contributed by atoms with Crippen molar-refractivity contribution in [1.29, 1.82) is 0 Å². The first-order chi connectivity index (χ1) is 11.0. The average Bonchev–Trinajstić information content (AvgIpc) is 2.83. The number of nitrogens with zero attached hydrogens (tertiary/aromatic N) is 3. The summed E-state index contributed by atoms with van der Waals surface area (Å²) >= 11 is 5.81. The van der Waals surface area contributed by atoms with Crippen molar-refractivity contribution in [1.82, 2.24) is 14.9 Å². The summed E-state index contributed by atoms with van der Waals surface area (Å²) in [5, 5.41) is -0.161. The molecule has 1 aliphatic heterocycles. The molecule has 1 aromatic heterocycles. The van der Waals surface area contributed by atoms with Crippen LogP contribution in [0.3, 0.4) is 0 Å². The zero-order valence-electron chi connectivity index (χ0n) is 14.2.